The lowest BCUT2D eigenvalue weighted by atomic mass is 10.3. The molecule has 0 radical (unpaired) electrons. The summed E-state index contributed by atoms with van der Waals surface area (Å²) < 4.78 is 10.3. The molecule has 0 N–H and O–H groups in total. The third-order valence-electron chi connectivity index (χ3n) is 1.59. The summed E-state index contributed by atoms with van der Waals surface area (Å²) in [6.07, 6.45) is -0.379. The van der Waals surface area contributed by atoms with Crippen LogP contribution in [0.25, 0.3) is 0 Å². The lowest BCUT2D eigenvalue weighted by Crippen LogP contribution is -2.34. The average Bonchev–Trinajstić information content (AvgIpc) is 2.10. The molecule has 0 saturated heterocycles. The summed E-state index contributed by atoms with van der Waals surface area (Å²) in [5.41, 5.74) is 0. The lowest BCUT2D eigenvalue weighted by molar-refractivity contribution is -0.140. The first kappa shape index (κ1) is 12.4. The summed E-state index contributed by atoms with van der Waals surface area (Å²) in [4.78, 5) is 12.8. The van der Waals surface area contributed by atoms with Gasteiger partial charge < -0.3 is 14.4 Å². The molecule has 0 aliphatic carbocycles. The molecule has 0 spiro atoms. The largest absolute Gasteiger partial charge is 0.379 e. The Morgan fingerprint density at radius 2 is 2.00 bits per heavy atom. The molecule has 0 heterocycles. The maximum absolute atomic E-state index is 11.3. The maximum Gasteiger partial charge on any atom is 0.250 e. The maximum atomic E-state index is 11.3. The highest BCUT2D eigenvalue weighted by Crippen LogP contribution is 1.94. The summed E-state index contributed by atoms with van der Waals surface area (Å²) in [5, 5.41) is 0. The van der Waals surface area contributed by atoms with Gasteiger partial charge in [-0.3, -0.25) is 4.79 Å². The van der Waals surface area contributed by atoms with Crippen molar-refractivity contribution < 1.29 is 14.3 Å². The van der Waals surface area contributed by atoms with Crippen LogP contribution in [0.1, 0.15) is 13.8 Å². The first-order chi connectivity index (χ1) is 6.09. The van der Waals surface area contributed by atoms with Gasteiger partial charge in [-0.05, 0) is 13.8 Å². The Kier molecular flexibility index (Phi) is 6.54. The Hall–Kier alpha value is -0.610. The van der Waals surface area contributed by atoms with Crippen LogP contribution in [0.5, 0.6) is 0 Å². The van der Waals surface area contributed by atoms with Gasteiger partial charge in [-0.25, -0.2) is 0 Å². The second kappa shape index (κ2) is 6.86. The molecule has 0 unspecified atom stereocenters. The van der Waals surface area contributed by atoms with Crippen molar-refractivity contribution in [1.29, 1.82) is 0 Å². The Labute approximate surface area is 79.8 Å². The molecule has 4 nitrogen and oxygen atoms in total. The number of carbonyl (C=O) groups is 1. The first-order valence-corrected chi connectivity index (χ1v) is 4.50. The normalized spacial score (nSPS) is 12.6. The summed E-state index contributed by atoms with van der Waals surface area (Å²) in [7, 11) is 3.43. The molecule has 0 aromatic carbocycles. The van der Waals surface area contributed by atoms with E-state index in [4.69, 9.17) is 9.47 Å². The Morgan fingerprint density at radius 3 is 2.46 bits per heavy atom. The molecule has 0 aliphatic heterocycles. The van der Waals surface area contributed by atoms with E-state index in [2.05, 4.69) is 0 Å². The van der Waals surface area contributed by atoms with E-state index in [9.17, 15) is 4.79 Å². The number of likely N-dealkylation sites (N-methyl/N-ethyl adjacent to an activating group) is 1. The van der Waals surface area contributed by atoms with Gasteiger partial charge in [0.25, 0.3) is 5.91 Å². The standard InChI is InChI=1S/C9H19NO3/c1-5-12-6-7-13-8(2)9(11)10(3)4/h8H,5-7H2,1-4H3/t8-/m0/s1. The molecule has 4 heteroatoms. The Morgan fingerprint density at radius 1 is 1.38 bits per heavy atom. The van der Waals surface area contributed by atoms with Crippen molar-refractivity contribution in [1.82, 2.24) is 4.90 Å². The van der Waals surface area contributed by atoms with E-state index in [1.807, 2.05) is 6.92 Å². The fourth-order valence-electron chi connectivity index (χ4n) is 0.863. The van der Waals surface area contributed by atoms with Crippen molar-refractivity contribution in [3.8, 4) is 0 Å². The van der Waals surface area contributed by atoms with E-state index in [0.29, 0.717) is 19.8 Å². The number of amides is 1. The number of carbonyl (C=O) groups excluding carboxylic acids is 1. The summed E-state index contributed by atoms with van der Waals surface area (Å²) in [5.74, 6) is -0.0171. The number of rotatable bonds is 6. The SMILES string of the molecule is CCOCCO[C@@H](C)C(=O)N(C)C. The van der Waals surface area contributed by atoms with Crippen LogP contribution in [0, 0.1) is 0 Å². The van der Waals surface area contributed by atoms with Crippen LogP contribution in [0.15, 0.2) is 0 Å². The zero-order chi connectivity index (χ0) is 10.3. The van der Waals surface area contributed by atoms with Gasteiger partial charge in [0.15, 0.2) is 0 Å². The molecule has 0 rings (SSSR count). The van der Waals surface area contributed by atoms with Crippen LogP contribution in [0.4, 0.5) is 0 Å². The van der Waals surface area contributed by atoms with Gasteiger partial charge in [0, 0.05) is 20.7 Å². The summed E-state index contributed by atoms with van der Waals surface area (Å²) in [6.45, 7) is 5.36. The molecule has 0 aromatic heterocycles. The van der Waals surface area contributed by atoms with Crippen molar-refractivity contribution in [2.45, 2.75) is 20.0 Å². The van der Waals surface area contributed by atoms with Gasteiger partial charge in [0.05, 0.1) is 13.2 Å². The fraction of sp³-hybridized carbons (Fsp3) is 0.889. The van der Waals surface area contributed by atoms with Crippen molar-refractivity contribution in [3.63, 3.8) is 0 Å². The van der Waals surface area contributed by atoms with Crippen molar-refractivity contribution >= 4 is 5.91 Å². The van der Waals surface area contributed by atoms with Crippen LogP contribution in [0.3, 0.4) is 0 Å². The molecule has 1 amide bonds. The topological polar surface area (TPSA) is 38.8 Å². The smallest absolute Gasteiger partial charge is 0.250 e. The molecule has 0 fully saturated rings. The number of ether oxygens (including phenoxy) is 2. The van der Waals surface area contributed by atoms with E-state index >= 15 is 0 Å². The molecule has 0 aromatic rings. The zero-order valence-electron chi connectivity index (χ0n) is 8.87. The van der Waals surface area contributed by atoms with Crippen LogP contribution >= 0.6 is 0 Å². The van der Waals surface area contributed by atoms with Crippen molar-refractivity contribution in [2.24, 2.45) is 0 Å². The second-order valence-corrected chi connectivity index (χ2v) is 2.94. The molecule has 1 atom stereocenters. The van der Waals surface area contributed by atoms with Crippen LogP contribution < -0.4 is 0 Å². The van der Waals surface area contributed by atoms with E-state index in [0.717, 1.165) is 0 Å². The van der Waals surface area contributed by atoms with Gasteiger partial charge in [0.2, 0.25) is 0 Å². The third-order valence-corrected chi connectivity index (χ3v) is 1.59. The third kappa shape index (κ3) is 5.60. The average molecular weight is 189 g/mol. The molecule has 78 valence electrons. The highest BCUT2D eigenvalue weighted by molar-refractivity contribution is 5.79. The monoisotopic (exact) mass is 189 g/mol. The molecule has 0 bridgehead atoms. The number of hydrogen-bond donors (Lipinski definition) is 0. The van der Waals surface area contributed by atoms with Gasteiger partial charge in [-0.1, -0.05) is 0 Å². The number of hydrogen-bond acceptors (Lipinski definition) is 3. The highest BCUT2D eigenvalue weighted by Gasteiger charge is 2.14. The van der Waals surface area contributed by atoms with Gasteiger partial charge >= 0.3 is 0 Å². The van der Waals surface area contributed by atoms with E-state index in [1.54, 1.807) is 21.0 Å². The first-order valence-electron chi connectivity index (χ1n) is 4.50. The fourth-order valence-corrected chi connectivity index (χ4v) is 0.863. The molecule has 0 saturated carbocycles. The summed E-state index contributed by atoms with van der Waals surface area (Å²) >= 11 is 0. The predicted octanol–water partition coefficient (Wildman–Crippen LogP) is 0.516. The van der Waals surface area contributed by atoms with Crippen molar-refractivity contribution in [2.75, 3.05) is 33.9 Å². The van der Waals surface area contributed by atoms with Crippen LogP contribution in [0.2, 0.25) is 0 Å². The lowest BCUT2D eigenvalue weighted by Gasteiger charge is -2.17. The quantitative estimate of drug-likeness (QED) is 0.572. The minimum atomic E-state index is -0.379. The van der Waals surface area contributed by atoms with E-state index < -0.39 is 0 Å². The van der Waals surface area contributed by atoms with Gasteiger partial charge in [-0.15, -0.1) is 0 Å². The number of nitrogens with zero attached hydrogens (tertiary/aromatic N) is 1. The van der Waals surface area contributed by atoms with Crippen LogP contribution in [-0.4, -0.2) is 50.8 Å². The summed E-state index contributed by atoms with van der Waals surface area (Å²) in [6, 6.07) is 0. The Balaban J connectivity index is 3.50. The minimum Gasteiger partial charge on any atom is -0.379 e. The minimum absolute atomic E-state index is 0.0171. The zero-order valence-corrected chi connectivity index (χ0v) is 8.87. The predicted molar refractivity (Wildman–Crippen MR) is 50.6 cm³/mol. The molecule has 0 aliphatic rings. The van der Waals surface area contributed by atoms with Crippen molar-refractivity contribution in [3.05, 3.63) is 0 Å². The Bertz CT molecular complexity index is 148. The highest BCUT2D eigenvalue weighted by atomic mass is 16.5. The molecular weight excluding hydrogens is 170 g/mol. The van der Waals surface area contributed by atoms with Gasteiger partial charge in [0.1, 0.15) is 6.10 Å². The van der Waals surface area contributed by atoms with Gasteiger partial charge in [-0.2, -0.15) is 0 Å². The second-order valence-electron chi connectivity index (χ2n) is 2.94. The molecular formula is C9H19NO3. The van der Waals surface area contributed by atoms with Crippen LogP contribution in [-0.2, 0) is 14.3 Å². The van der Waals surface area contributed by atoms with E-state index in [1.165, 1.54) is 4.90 Å². The van der Waals surface area contributed by atoms with E-state index in [-0.39, 0.29) is 12.0 Å². The molecule has 13 heavy (non-hydrogen) atoms.